The predicted molar refractivity (Wildman–Crippen MR) is 88.3 cm³/mol. The SMILES string of the molecule is NC(=S)CCN(CCCC1CCCO1)c1ccccc1. The van der Waals surface area contributed by atoms with Crippen LogP contribution in [-0.4, -0.2) is 30.8 Å². The number of ether oxygens (including phenoxy) is 1. The van der Waals surface area contributed by atoms with Gasteiger partial charge in [0.05, 0.1) is 11.1 Å². The Morgan fingerprint density at radius 3 is 2.75 bits per heavy atom. The maximum absolute atomic E-state index is 5.68. The van der Waals surface area contributed by atoms with Gasteiger partial charge < -0.3 is 15.4 Å². The highest BCUT2D eigenvalue weighted by Gasteiger charge is 2.15. The topological polar surface area (TPSA) is 38.5 Å². The molecule has 0 amide bonds. The molecule has 0 aromatic heterocycles. The first-order valence-electron chi connectivity index (χ1n) is 7.45. The number of nitrogens with zero attached hydrogens (tertiary/aromatic N) is 1. The minimum atomic E-state index is 0.475. The molecule has 4 heteroatoms. The first-order valence-corrected chi connectivity index (χ1v) is 7.86. The third-order valence-electron chi connectivity index (χ3n) is 3.73. The zero-order valence-electron chi connectivity index (χ0n) is 12.0. The Balaban J connectivity index is 1.83. The van der Waals surface area contributed by atoms with Gasteiger partial charge >= 0.3 is 0 Å². The zero-order chi connectivity index (χ0) is 14.2. The number of nitrogens with two attached hydrogens (primary N) is 1. The van der Waals surface area contributed by atoms with Gasteiger partial charge in [0.15, 0.2) is 0 Å². The Morgan fingerprint density at radius 1 is 1.30 bits per heavy atom. The van der Waals surface area contributed by atoms with Gasteiger partial charge in [0.2, 0.25) is 0 Å². The first-order chi connectivity index (χ1) is 9.75. The van der Waals surface area contributed by atoms with Gasteiger partial charge in [-0.3, -0.25) is 0 Å². The van der Waals surface area contributed by atoms with Gasteiger partial charge in [0.25, 0.3) is 0 Å². The predicted octanol–water partition coefficient (Wildman–Crippen LogP) is 3.13. The van der Waals surface area contributed by atoms with Crippen molar-refractivity contribution in [3.63, 3.8) is 0 Å². The van der Waals surface area contributed by atoms with Crippen molar-refractivity contribution < 1.29 is 4.74 Å². The van der Waals surface area contributed by atoms with Gasteiger partial charge in [0, 0.05) is 31.8 Å². The second-order valence-electron chi connectivity index (χ2n) is 5.32. The van der Waals surface area contributed by atoms with Crippen molar-refractivity contribution in [2.75, 3.05) is 24.6 Å². The van der Waals surface area contributed by atoms with Crippen molar-refractivity contribution in [2.45, 2.75) is 38.2 Å². The molecule has 1 unspecified atom stereocenters. The van der Waals surface area contributed by atoms with Crippen LogP contribution in [0.4, 0.5) is 5.69 Å². The maximum Gasteiger partial charge on any atom is 0.0745 e. The van der Waals surface area contributed by atoms with Crippen LogP contribution < -0.4 is 10.6 Å². The molecule has 0 saturated carbocycles. The number of benzene rings is 1. The van der Waals surface area contributed by atoms with Crippen molar-refractivity contribution >= 4 is 22.9 Å². The van der Waals surface area contributed by atoms with Crippen LogP contribution in [0.25, 0.3) is 0 Å². The number of hydrogen-bond donors (Lipinski definition) is 1. The maximum atomic E-state index is 5.68. The summed E-state index contributed by atoms with van der Waals surface area (Å²) < 4.78 is 5.68. The lowest BCUT2D eigenvalue weighted by molar-refractivity contribution is 0.103. The quantitative estimate of drug-likeness (QED) is 0.747. The Morgan fingerprint density at radius 2 is 2.10 bits per heavy atom. The summed E-state index contributed by atoms with van der Waals surface area (Å²) in [6, 6.07) is 10.5. The molecular weight excluding hydrogens is 268 g/mol. The molecule has 0 spiro atoms. The zero-order valence-corrected chi connectivity index (χ0v) is 12.8. The molecule has 1 heterocycles. The van der Waals surface area contributed by atoms with Crippen LogP contribution in [0.5, 0.6) is 0 Å². The first kappa shape index (κ1) is 15.3. The minimum absolute atomic E-state index is 0.475. The smallest absolute Gasteiger partial charge is 0.0745 e. The molecule has 1 aliphatic heterocycles. The van der Waals surface area contributed by atoms with Crippen molar-refractivity contribution in [3.05, 3.63) is 30.3 Å². The number of rotatable bonds is 8. The molecule has 0 radical (unpaired) electrons. The summed E-state index contributed by atoms with van der Waals surface area (Å²) in [7, 11) is 0. The van der Waals surface area contributed by atoms with Gasteiger partial charge in [-0.2, -0.15) is 0 Å². The normalized spacial score (nSPS) is 18.1. The van der Waals surface area contributed by atoms with Crippen LogP contribution >= 0.6 is 12.2 Å². The summed E-state index contributed by atoms with van der Waals surface area (Å²) in [5, 5.41) is 0. The lowest BCUT2D eigenvalue weighted by atomic mass is 10.1. The third-order valence-corrected chi connectivity index (χ3v) is 3.93. The largest absolute Gasteiger partial charge is 0.393 e. The Bertz CT molecular complexity index is 404. The van der Waals surface area contributed by atoms with Crippen molar-refractivity contribution in [3.8, 4) is 0 Å². The average molecular weight is 292 g/mol. The standard InChI is InChI=1S/C16H24N2OS/c17-16(20)10-12-18(14-6-2-1-3-7-14)11-4-8-15-9-5-13-19-15/h1-3,6-7,15H,4-5,8-13H2,(H2,17,20). The second-order valence-corrected chi connectivity index (χ2v) is 5.84. The molecule has 1 atom stereocenters. The van der Waals surface area contributed by atoms with E-state index in [0.29, 0.717) is 11.1 Å². The van der Waals surface area contributed by atoms with Crippen molar-refractivity contribution in [2.24, 2.45) is 5.73 Å². The number of para-hydroxylation sites is 1. The van der Waals surface area contributed by atoms with Crippen LogP contribution in [0.15, 0.2) is 30.3 Å². The van der Waals surface area contributed by atoms with Gasteiger partial charge in [-0.15, -0.1) is 0 Å². The van der Waals surface area contributed by atoms with Gasteiger partial charge in [-0.05, 0) is 37.8 Å². The lowest BCUT2D eigenvalue weighted by Gasteiger charge is -2.25. The Labute approximate surface area is 127 Å². The van der Waals surface area contributed by atoms with Gasteiger partial charge in [-0.25, -0.2) is 0 Å². The molecular formula is C16H24N2OS. The molecule has 1 saturated heterocycles. The average Bonchev–Trinajstić information content (AvgIpc) is 2.96. The molecule has 2 rings (SSSR count). The minimum Gasteiger partial charge on any atom is -0.393 e. The van der Waals surface area contributed by atoms with E-state index in [1.807, 2.05) is 6.07 Å². The molecule has 1 aromatic carbocycles. The van der Waals surface area contributed by atoms with Crippen molar-refractivity contribution in [1.82, 2.24) is 0 Å². The number of hydrogen-bond acceptors (Lipinski definition) is 3. The summed E-state index contributed by atoms with van der Waals surface area (Å²) in [6.45, 7) is 2.87. The molecule has 2 N–H and O–H groups in total. The van der Waals surface area contributed by atoms with E-state index in [1.54, 1.807) is 0 Å². The van der Waals surface area contributed by atoms with Gasteiger partial charge in [-0.1, -0.05) is 30.4 Å². The second kappa shape index (κ2) is 8.22. The van der Waals surface area contributed by atoms with E-state index < -0.39 is 0 Å². The molecule has 20 heavy (non-hydrogen) atoms. The van der Waals surface area contributed by atoms with E-state index in [0.717, 1.165) is 39.0 Å². The monoisotopic (exact) mass is 292 g/mol. The van der Waals surface area contributed by atoms with E-state index in [9.17, 15) is 0 Å². The fourth-order valence-corrected chi connectivity index (χ4v) is 2.73. The summed E-state index contributed by atoms with van der Waals surface area (Å²) >= 11 is 4.99. The van der Waals surface area contributed by atoms with Crippen LogP contribution in [0.3, 0.4) is 0 Å². The fraction of sp³-hybridized carbons (Fsp3) is 0.562. The van der Waals surface area contributed by atoms with E-state index in [1.165, 1.54) is 18.5 Å². The van der Waals surface area contributed by atoms with E-state index in [2.05, 4.69) is 29.2 Å². The summed E-state index contributed by atoms with van der Waals surface area (Å²) in [4.78, 5) is 2.96. The summed E-state index contributed by atoms with van der Waals surface area (Å²) in [6.07, 6.45) is 5.98. The van der Waals surface area contributed by atoms with E-state index in [-0.39, 0.29) is 0 Å². The molecule has 3 nitrogen and oxygen atoms in total. The highest BCUT2D eigenvalue weighted by atomic mass is 32.1. The van der Waals surface area contributed by atoms with E-state index in [4.69, 9.17) is 22.7 Å². The third kappa shape index (κ3) is 5.10. The number of anilines is 1. The van der Waals surface area contributed by atoms with Crippen LogP contribution in [0.2, 0.25) is 0 Å². The molecule has 1 aliphatic rings. The summed E-state index contributed by atoms with van der Waals surface area (Å²) in [5.74, 6) is 0. The molecule has 0 bridgehead atoms. The molecule has 110 valence electrons. The summed E-state index contributed by atoms with van der Waals surface area (Å²) in [5.41, 5.74) is 6.88. The van der Waals surface area contributed by atoms with Crippen LogP contribution in [0.1, 0.15) is 32.1 Å². The molecule has 1 fully saturated rings. The lowest BCUT2D eigenvalue weighted by Crippen LogP contribution is -2.29. The fourth-order valence-electron chi connectivity index (χ4n) is 2.64. The van der Waals surface area contributed by atoms with E-state index >= 15 is 0 Å². The highest BCUT2D eigenvalue weighted by molar-refractivity contribution is 7.80. The molecule has 1 aromatic rings. The van der Waals surface area contributed by atoms with Gasteiger partial charge in [0.1, 0.15) is 0 Å². The van der Waals surface area contributed by atoms with Crippen LogP contribution in [0, 0.1) is 0 Å². The number of thiocarbonyl (C=S) groups is 1. The Hall–Kier alpha value is -1.13. The Kier molecular flexibility index (Phi) is 6.27. The highest BCUT2D eigenvalue weighted by Crippen LogP contribution is 2.19. The molecule has 0 aliphatic carbocycles. The van der Waals surface area contributed by atoms with Crippen molar-refractivity contribution in [1.29, 1.82) is 0 Å². The van der Waals surface area contributed by atoms with Crippen LogP contribution in [-0.2, 0) is 4.74 Å².